The van der Waals surface area contributed by atoms with E-state index in [9.17, 15) is 4.79 Å². The van der Waals surface area contributed by atoms with Gasteiger partial charge in [0.25, 0.3) is 0 Å². The highest BCUT2D eigenvalue weighted by molar-refractivity contribution is 5.19. The fourth-order valence-corrected chi connectivity index (χ4v) is 2.34. The SMILES string of the molecule is CC(C)(CCC(C)(C)n1ccnc1)c1ccc(=O)[nH]c1. The fraction of sp³-hybridized carbons (Fsp3) is 0.500. The van der Waals surface area contributed by atoms with Gasteiger partial charge in [-0.15, -0.1) is 0 Å². The van der Waals surface area contributed by atoms with Crippen molar-refractivity contribution in [3.8, 4) is 0 Å². The van der Waals surface area contributed by atoms with Crippen molar-refractivity contribution in [3.05, 3.63) is 53.0 Å². The maximum atomic E-state index is 11.2. The number of imidazole rings is 1. The number of nitrogens with one attached hydrogen (secondary N) is 1. The van der Waals surface area contributed by atoms with Crippen LogP contribution in [0.1, 0.15) is 46.1 Å². The van der Waals surface area contributed by atoms with Crippen molar-refractivity contribution in [2.24, 2.45) is 0 Å². The number of hydrogen-bond donors (Lipinski definition) is 1. The summed E-state index contributed by atoms with van der Waals surface area (Å²) in [6.07, 6.45) is 9.58. The van der Waals surface area contributed by atoms with E-state index in [0.717, 1.165) is 12.8 Å². The largest absolute Gasteiger partial charge is 0.332 e. The van der Waals surface area contributed by atoms with Gasteiger partial charge in [0, 0.05) is 30.2 Å². The summed E-state index contributed by atoms with van der Waals surface area (Å²) in [7, 11) is 0. The van der Waals surface area contributed by atoms with Gasteiger partial charge in [0.15, 0.2) is 0 Å². The first-order valence-corrected chi connectivity index (χ1v) is 6.99. The second kappa shape index (κ2) is 5.27. The maximum absolute atomic E-state index is 11.2. The van der Waals surface area contributed by atoms with Crippen LogP contribution in [0.2, 0.25) is 0 Å². The van der Waals surface area contributed by atoms with E-state index in [2.05, 4.69) is 42.2 Å². The molecule has 0 unspecified atom stereocenters. The number of H-pyrrole nitrogens is 1. The van der Waals surface area contributed by atoms with Gasteiger partial charge < -0.3 is 9.55 Å². The molecular formula is C16H23N3O. The zero-order valence-electron chi connectivity index (χ0n) is 12.7. The molecule has 0 aliphatic carbocycles. The molecule has 0 aliphatic heterocycles. The van der Waals surface area contributed by atoms with Crippen LogP contribution in [0.3, 0.4) is 0 Å². The summed E-state index contributed by atoms with van der Waals surface area (Å²) in [5.74, 6) is 0. The summed E-state index contributed by atoms with van der Waals surface area (Å²) in [5.41, 5.74) is 1.18. The molecule has 2 rings (SSSR count). The highest BCUT2D eigenvalue weighted by atomic mass is 16.1. The number of aromatic nitrogens is 3. The molecule has 20 heavy (non-hydrogen) atoms. The second-order valence-electron chi connectivity index (χ2n) is 6.61. The summed E-state index contributed by atoms with van der Waals surface area (Å²) in [6, 6.07) is 3.52. The van der Waals surface area contributed by atoms with E-state index < -0.39 is 0 Å². The molecule has 0 aliphatic rings. The molecule has 0 aromatic carbocycles. The second-order valence-corrected chi connectivity index (χ2v) is 6.61. The molecule has 0 spiro atoms. The van der Waals surface area contributed by atoms with Gasteiger partial charge >= 0.3 is 0 Å². The Hall–Kier alpha value is -1.84. The van der Waals surface area contributed by atoms with E-state index in [-0.39, 0.29) is 16.5 Å². The molecule has 108 valence electrons. The van der Waals surface area contributed by atoms with Crippen molar-refractivity contribution < 1.29 is 0 Å². The van der Waals surface area contributed by atoms with Crippen LogP contribution >= 0.6 is 0 Å². The Morgan fingerprint density at radius 2 is 1.95 bits per heavy atom. The molecule has 0 radical (unpaired) electrons. The molecule has 4 nitrogen and oxygen atoms in total. The fourth-order valence-electron chi connectivity index (χ4n) is 2.34. The summed E-state index contributed by atoms with van der Waals surface area (Å²) in [6.45, 7) is 8.87. The predicted octanol–water partition coefficient (Wildman–Crippen LogP) is 3.06. The summed E-state index contributed by atoms with van der Waals surface area (Å²) >= 11 is 0. The van der Waals surface area contributed by atoms with Crippen LogP contribution in [0.5, 0.6) is 0 Å². The first-order chi connectivity index (χ1) is 9.31. The monoisotopic (exact) mass is 273 g/mol. The zero-order chi connectivity index (χ0) is 14.8. The molecule has 2 aromatic heterocycles. The molecule has 0 saturated heterocycles. The van der Waals surface area contributed by atoms with Crippen molar-refractivity contribution in [1.29, 1.82) is 0 Å². The number of pyridine rings is 1. The Labute approximate surface area is 119 Å². The van der Waals surface area contributed by atoms with Gasteiger partial charge in [0.1, 0.15) is 0 Å². The third-order valence-electron chi connectivity index (χ3n) is 4.13. The molecule has 0 atom stereocenters. The Kier molecular flexibility index (Phi) is 3.84. The molecule has 0 amide bonds. The number of nitrogens with zero attached hydrogens (tertiary/aromatic N) is 2. The van der Waals surface area contributed by atoms with Crippen molar-refractivity contribution in [3.63, 3.8) is 0 Å². The van der Waals surface area contributed by atoms with E-state index >= 15 is 0 Å². The van der Waals surface area contributed by atoms with Gasteiger partial charge in [-0.05, 0) is 37.7 Å². The lowest BCUT2D eigenvalue weighted by atomic mass is 9.78. The lowest BCUT2D eigenvalue weighted by Crippen LogP contribution is -2.29. The molecule has 2 heterocycles. The van der Waals surface area contributed by atoms with Crippen LogP contribution < -0.4 is 5.56 Å². The molecule has 1 N–H and O–H groups in total. The lowest BCUT2D eigenvalue weighted by Gasteiger charge is -2.32. The van der Waals surface area contributed by atoms with Gasteiger partial charge in [-0.2, -0.15) is 0 Å². The smallest absolute Gasteiger partial charge is 0.247 e. The van der Waals surface area contributed by atoms with Gasteiger partial charge in [-0.1, -0.05) is 19.9 Å². The topological polar surface area (TPSA) is 50.7 Å². The van der Waals surface area contributed by atoms with E-state index in [1.807, 2.05) is 31.0 Å². The van der Waals surface area contributed by atoms with Crippen LogP contribution in [0.25, 0.3) is 0 Å². The minimum absolute atomic E-state index is 0.0298. The van der Waals surface area contributed by atoms with Gasteiger partial charge in [0.2, 0.25) is 5.56 Å². The van der Waals surface area contributed by atoms with Crippen LogP contribution in [0.4, 0.5) is 0 Å². The highest BCUT2D eigenvalue weighted by Crippen LogP contribution is 2.32. The van der Waals surface area contributed by atoms with Gasteiger partial charge in [-0.25, -0.2) is 4.98 Å². The Balaban J connectivity index is 2.09. The van der Waals surface area contributed by atoms with E-state index in [0.29, 0.717) is 0 Å². The van der Waals surface area contributed by atoms with Crippen LogP contribution in [0.15, 0.2) is 41.8 Å². The van der Waals surface area contributed by atoms with Crippen LogP contribution in [-0.2, 0) is 11.0 Å². The normalized spacial score (nSPS) is 12.6. The predicted molar refractivity (Wildman–Crippen MR) is 80.9 cm³/mol. The van der Waals surface area contributed by atoms with E-state index in [1.54, 1.807) is 6.07 Å². The minimum atomic E-state index is -0.0525. The quantitative estimate of drug-likeness (QED) is 0.910. The van der Waals surface area contributed by atoms with Crippen molar-refractivity contribution in [2.45, 2.75) is 51.5 Å². The molecule has 0 fully saturated rings. The third-order valence-corrected chi connectivity index (χ3v) is 4.13. The van der Waals surface area contributed by atoms with Gasteiger partial charge in [0.05, 0.1) is 6.33 Å². The van der Waals surface area contributed by atoms with E-state index in [4.69, 9.17) is 0 Å². The Morgan fingerprint density at radius 3 is 2.50 bits per heavy atom. The third kappa shape index (κ3) is 3.18. The molecular weight excluding hydrogens is 250 g/mol. The highest BCUT2D eigenvalue weighted by Gasteiger charge is 2.26. The van der Waals surface area contributed by atoms with E-state index in [1.165, 1.54) is 5.56 Å². The standard InChI is InChI=1S/C16H23N3O/c1-15(2,13-5-6-14(20)18-11-13)7-8-16(3,4)19-10-9-17-12-19/h5-6,9-12H,7-8H2,1-4H3,(H,18,20). The van der Waals surface area contributed by atoms with Crippen LogP contribution in [-0.4, -0.2) is 14.5 Å². The Morgan fingerprint density at radius 1 is 1.20 bits per heavy atom. The van der Waals surface area contributed by atoms with Crippen molar-refractivity contribution >= 4 is 0 Å². The average Bonchev–Trinajstić information content (AvgIpc) is 2.92. The molecule has 0 bridgehead atoms. The first kappa shape index (κ1) is 14.6. The number of rotatable bonds is 5. The van der Waals surface area contributed by atoms with Crippen LogP contribution in [0, 0.1) is 0 Å². The maximum Gasteiger partial charge on any atom is 0.247 e. The molecule has 4 heteroatoms. The average molecular weight is 273 g/mol. The number of aromatic amines is 1. The molecule has 0 saturated carbocycles. The summed E-state index contributed by atoms with van der Waals surface area (Å²) < 4.78 is 2.15. The van der Waals surface area contributed by atoms with Crippen molar-refractivity contribution in [1.82, 2.24) is 14.5 Å². The Bertz CT molecular complexity index is 588. The minimum Gasteiger partial charge on any atom is -0.332 e. The van der Waals surface area contributed by atoms with Crippen molar-refractivity contribution in [2.75, 3.05) is 0 Å². The lowest BCUT2D eigenvalue weighted by molar-refractivity contribution is 0.284. The molecule has 2 aromatic rings. The summed E-state index contributed by atoms with van der Waals surface area (Å²) in [5, 5.41) is 0. The zero-order valence-corrected chi connectivity index (χ0v) is 12.7. The first-order valence-electron chi connectivity index (χ1n) is 6.99. The summed E-state index contributed by atoms with van der Waals surface area (Å²) in [4.78, 5) is 18.0. The number of hydrogen-bond acceptors (Lipinski definition) is 2. The van der Waals surface area contributed by atoms with Gasteiger partial charge in [-0.3, -0.25) is 4.79 Å².